The summed E-state index contributed by atoms with van der Waals surface area (Å²) in [4.78, 5) is 25.5. The van der Waals surface area contributed by atoms with E-state index in [0.717, 1.165) is 128 Å². The lowest BCUT2D eigenvalue weighted by atomic mass is 10.1. The van der Waals surface area contributed by atoms with Crippen LogP contribution in [-0.2, 0) is 23.8 Å². The minimum atomic E-state index is -0.579. The monoisotopic (exact) mass is 913 g/mol. The predicted octanol–water partition coefficient (Wildman–Crippen LogP) is 18.6. The molecule has 5 heteroatoms. The van der Waals surface area contributed by atoms with E-state index in [1.165, 1.54) is 64.2 Å². The van der Waals surface area contributed by atoms with Crippen molar-refractivity contribution in [1.82, 2.24) is 0 Å². The molecule has 66 heavy (non-hydrogen) atoms. The Balaban J connectivity index is 4.42. The lowest BCUT2D eigenvalue weighted by molar-refractivity contribution is -0.163. The molecule has 1 atom stereocenters. The molecular formula is C61H100O5. The zero-order chi connectivity index (χ0) is 47.7. The van der Waals surface area contributed by atoms with E-state index in [9.17, 15) is 9.59 Å². The molecule has 0 radical (unpaired) electrons. The summed E-state index contributed by atoms with van der Waals surface area (Å²) in [6, 6.07) is 0. The highest BCUT2D eigenvalue weighted by Gasteiger charge is 2.17. The Labute approximate surface area is 407 Å². The van der Waals surface area contributed by atoms with Gasteiger partial charge in [0.25, 0.3) is 0 Å². The second-order valence-corrected chi connectivity index (χ2v) is 17.4. The Hall–Kier alpha value is -3.70. The standard InChI is InChI=1S/C61H100O5/c1-4-7-10-13-16-19-22-25-28-30-32-35-38-41-44-47-50-53-56-64-57-59(66-61(63)55-52-49-46-43-40-37-33-27-24-21-18-15-12-9-6-3)58-65-60(62)54-51-48-45-42-39-36-34-31-29-26-23-20-17-14-11-8-5-2/h7-8,10-11,16-21,25-29,32-33,35,41,44,59H,4-6,9,12-15,22-24,30-31,34,36-40,42-43,45-58H2,1-3H3/b10-7-,11-8-,19-16-,20-17-,21-18-,28-25-,29-26-,33-27-,35-32-,44-41-. The van der Waals surface area contributed by atoms with Crippen LogP contribution >= 0.6 is 0 Å². The number of hydrogen-bond donors (Lipinski definition) is 0. The van der Waals surface area contributed by atoms with Gasteiger partial charge >= 0.3 is 11.9 Å². The molecule has 0 N–H and O–H groups in total. The van der Waals surface area contributed by atoms with Crippen molar-refractivity contribution in [2.24, 2.45) is 0 Å². The summed E-state index contributed by atoms with van der Waals surface area (Å²) in [5, 5.41) is 0. The third kappa shape index (κ3) is 52.9. The number of ether oxygens (including phenoxy) is 3. The Morgan fingerprint density at radius 2 is 0.682 bits per heavy atom. The van der Waals surface area contributed by atoms with Crippen LogP contribution in [-0.4, -0.2) is 37.9 Å². The summed E-state index contributed by atoms with van der Waals surface area (Å²) >= 11 is 0. The highest BCUT2D eigenvalue weighted by atomic mass is 16.6. The molecule has 0 aliphatic carbocycles. The minimum Gasteiger partial charge on any atom is -0.462 e. The molecule has 0 saturated heterocycles. The summed E-state index contributed by atoms with van der Waals surface area (Å²) in [7, 11) is 0. The van der Waals surface area contributed by atoms with Crippen molar-refractivity contribution < 1.29 is 23.8 Å². The quantitative estimate of drug-likeness (QED) is 0.0346. The molecule has 0 aliphatic heterocycles. The Morgan fingerprint density at radius 3 is 1.09 bits per heavy atom. The van der Waals surface area contributed by atoms with E-state index in [-0.39, 0.29) is 25.2 Å². The molecule has 0 aromatic rings. The fraction of sp³-hybridized carbons (Fsp3) is 0.639. The zero-order valence-corrected chi connectivity index (χ0v) is 42.9. The average Bonchev–Trinajstić information content (AvgIpc) is 3.32. The van der Waals surface area contributed by atoms with Crippen molar-refractivity contribution in [3.05, 3.63) is 122 Å². The summed E-state index contributed by atoms with van der Waals surface area (Å²) < 4.78 is 17.4. The molecule has 0 fully saturated rings. The number of carbonyl (C=O) groups excluding carboxylic acids is 2. The van der Waals surface area contributed by atoms with Crippen molar-refractivity contribution in [2.45, 2.75) is 232 Å². The number of carbonyl (C=O) groups is 2. The molecule has 5 nitrogen and oxygen atoms in total. The number of esters is 2. The minimum absolute atomic E-state index is 0.0494. The van der Waals surface area contributed by atoms with Crippen LogP contribution in [0, 0.1) is 0 Å². The molecule has 0 spiro atoms. The van der Waals surface area contributed by atoms with E-state index < -0.39 is 6.10 Å². The largest absolute Gasteiger partial charge is 0.462 e. The maximum atomic E-state index is 12.8. The third-order valence-electron chi connectivity index (χ3n) is 11.0. The Bertz CT molecular complexity index is 1350. The second kappa shape index (κ2) is 55.6. The SMILES string of the molecule is CC/C=C\C/C=C\C/C=C\C/C=C\C/C=C\CCCCOCC(COC(=O)CCCCCCCCC/C=C\C/C=C\C/C=C\CC)OC(=O)CCCCCCC/C=C\C/C=C\CCCCC. The van der Waals surface area contributed by atoms with Crippen LogP contribution in [0.15, 0.2) is 122 Å². The molecule has 0 heterocycles. The Morgan fingerprint density at radius 1 is 0.348 bits per heavy atom. The van der Waals surface area contributed by atoms with Crippen LogP contribution in [0.4, 0.5) is 0 Å². The van der Waals surface area contributed by atoms with Crippen LogP contribution in [0.1, 0.15) is 226 Å². The molecular weight excluding hydrogens is 813 g/mol. The molecule has 0 aromatic heterocycles. The van der Waals surface area contributed by atoms with Gasteiger partial charge in [0, 0.05) is 19.4 Å². The fourth-order valence-electron chi connectivity index (χ4n) is 6.99. The maximum absolute atomic E-state index is 12.8. The summed E-state index contributed by atoms with van der Waals surface area (Å²) in [6.07, 6.45) is 77.8. The first-order chi connectivity index (χ1) is 32.6. The van der Waals surface area contributed by atoms with Gasteiger partial charge < -0.3 is 14.2 Å². The van der Waals surface area contributed by atoms with Gasteiger partial charge in [-0.3, -0.25) is 9.59 Å². The van der Waals surface area contributed by atoms with Crippen LogP contribution in [0.3, 0.4) is 0 Å². The van der Waals surface area contributed by atoms with Gasteiger partial charge in [0.05, 0.1) is 6.61 Å². The average molecular weight is 913 g/mol. The maximum Gasteiger partial charge on any atom is 0.306 e. The van der Waals surface area contributed by atoms with Crippen molar-refractivity contribution in [1.29, 1.82) is 0 Å². The van der Waals surface area contributed by atoms with Gasteiger partial charge in [-0.25, -0.2) is 0 Å². The fourth-order valence-corrected chi connectivity index (χ4v) is 6.99. The van der Waals surface area contributed by atoms with Crippen molar-refractivity contribution in [3.8, 4) is 0 Å². The summed E-state index contributed by atoms with van der Waals surface area (Å²) in [5.41, 5.74) is 0. The molecule has 374 valence electrons. The van der Waals surface area contributed by atoms with Gasteiger partial charge in [-0.05, 0) is 128 Å². The first-order valence-electron chi connectivity index (χ1n) is 27.1. The van der Waals surface area contributed by atoms with Crippen LogP contribution < -0.4 is 0 Å². The molecule has 0 saturated carbocycles. The van der Waals surface area contributed by atoms with E-state index in [2.05, 4.69) is 142 Å². The smallest absolute Gasteiger partial charge is 0.306 e. The summed E-state index contributed by atoms with van der Waals surface area (Å²) in [6.45, 7) is 7.44. The molecule has 0 bridgehead atoms. The number of hydrogen-bond acceptors (Lipinski definition) is 5. The molecule has 0 amide bonds. The van der Waals surface area contributed by atoms with E-state index in [1.54, 1.807) is 0 Å². The molecule has 0 aliphatic rings. The molecule has 0 aromatic carbocycles. The normalized spacial score (nSPS) is 13.2. The van der Waals surface area contributed by atoms with Gasteiger partial charge in [0.1, 0.15) is 6.61 Å². The third-order valence-corrected chi connectivity index (χ3v) is 11.0. The van der Waals surface area contributed by atoms with Gasteiger partial charge in [-0.2, -0.15) is 0 Å². The number of rotatable bonds is 48. The topological polar surface area (TPSA) is 61.8 Å². The van der Waals surface area contributed by atoms with E-state index in [4.69, 9.17) is 14.2 Å². The lowest BCUT2D eigenvalue weighted by Gasteiger charge is -2.18. The van der Waals surface area contributed by atoms with Crippen LogP contribution in [0.25, 0.3) is 0 Å². The lowest BCUT2D eigenvalue weighted by Crippen LogP contribution is -2.30. The second-order valence-electron chi connectivity index (χ2n) is 17.4. The molecule has 1 unspecified atom stereocenters. The number of unbranched alkanes of at least 4 members (excludes halogenated alkanes) is 17. The van der Waals surface area contributed by atoms with E-state index in [1.807, 2.05) is 0 Å². The van der Waals surface area contributed by atoms with Gasteiger partial charge in [-0.15, -0.1) is 0 Å². The first-order valence-corrected chi connectivity index (χ1v) is 27.1. The first kappa shape index (κ1) is 62.3. The Kier molecular flexibility index (Phi) is 52.5. The van der Waals surface area contributed by atoms with Crippen LogP contribution in [0.2, 0.25) is 0 Å². The van der Waals surface area contributed by atoms with Crippen LogP contribution in [0.5, 0.6) is 0 Å². The van der Waals surface area contributed by atoms with Gasteiger partial charge in [-0.1, -0.05) is 206 Å². The van der Waals surface area contributed by atoms with Crippen molar-refractivity contribution >= 4 is 11.9 Å². The number of allylic oxidation sites excluding steroid dienone is 20. The highest BCUT2D eigenvalue weighted by Crippen LogP contribution is 2.13. The van der Waals surface area contributed by atoms with E-state index >= 15 is 0 Å². The highest BCUT2D eigenvalue weighted by molar-refractivity contribution is 5.70. The van der Waals surface area contributed by atoms with E-state index in [0.29, 0.717) is 19.4 Å². The van der Waals surface area contributed by atoms with Crippen molar-refractivity contribution in [2.75, 3.05) is 19.8 Å². The molecule has 0 rings (SSSR count). The predicted molar refractivity (Wildman–Crippen MR) is 288 cm³/mol. The van der Waals surface area contributed by atoms with Gasteiger partial charge in [0.2, 0.25) is 0 Å². The van der Waals surface area contributed by atoms with Crippen molar-refractivity contribution in [3.63, 3.8) is 0 Å². The van der Waals surface area contributed by atoms with Gasteiger partial charge in [0.15, 0.2) is 6.10 Å². The zero-order valence-electron chi connectivity index (χ0n) is 42.9. The summed E-state index contributed by atoms with van der Waals surface area (Å²) in [5.74, 6) is -0.455.